The summed E-state index contributed by atoms with van der Waals surface area (Å²) in [7, 11) is 0. The van der Waals surface area contributed by atoms with E-state index in [9.17, 15) is 15.0 Å². The number of aliphatic hydroxyl groups excluding tert-OH is 3. The Bertz CT molecular complexity index is 535. The van der Waals surface area contributed by atoms with Crippen molar-refractivity contribution in [3.63, 3.8) is 0 Å². The molecule has 1 aliphatic rings. The minimum atomic E-state index is -1.31. The summed E-state index contributed by atoms with van der Waals surface area (Å²) in [5, 5.41) is 28.5. The number of carbonyl (C=O) groups is 1. The molecule has 0 aliphatic carbocycles. The summed E-state index contributed by atoms with van der Waals surface area (Å²) in [6, 6.07) is 0. The number of aromatic nitrogens is 2. The smallest absolute Gasteiger partial charge is 0.268 e. The van der Waals surface area contributed by atoms with Crippen LogP contribution in [0, 0.1) is 12.3 Å². The Morgan fingerprint density at radius 3 is 2.74 bits per heavy atom. The highest BCUT2D eigenvalue weighted by atomic mass is 16.6. The summed E-state index contributed by atoms with van der Waals surface area (Å²) in [6.45, 7) is -0.461. The number of carbonyl (C=O) groups excluding carboxylic acids is 1. The van der Waals surface area contributed by atoms with Crippen LogP contribution in [-0.4, -0.2) is 55.7 Å². The predicted molar refractivity (Wildman–Crippen MR) is 61.7 cm³/mol. The van der Waals surface area contributed by atoms with E-state index in [1.165, 1.54) is 10.8 Å². The molecule has 1 fully saturated rings. The molecular formula is C11H13N3O5. The molecule has 0 unspecified atom stereocenters. The van der Waals surface area contributed by atoms with Crippen LogP contribution in [-0.2, 0) is 4.74 Å². The topological polar surface area (TPSA) is 131 Å². The van der Waals surface area contributed by atoms with Gasteiger partial charge in [0.25, 0.3) is 5.91 Å². The molecule has 0 spiro atoms. The zero-order valence-corrected chi connectivity index (χ0v) is 9.80. The van der Waals surface area contributed by atoms with E-state index in [1.54, 1.807) is 0 Å². The van der Waals surface area contributed by atoms with Crippen molar-refractivity contribution in [3.05, 3.63) is 17.7 Å². The van der Waals surface area contributed by atoms with Crippen molar-refractivity contribution in [2.75, 3.05) is 6.61 Å². The molecule has 102 valence electrons. The van der Waals surface area contributed by atoms with Crippen LogP contribution < -0.4 is 5.73 Å². The molecule has 19 heavy (non-hydrogen) atoms. The summed E-state index contributed by atoms with van der Waals surface area (Å²) >= 11 is 0. The van der Waals surface area contributed by atoms with Crippen LogP contribution in [0.5, 0.6) is 0 Å². The highest BCUT2D eigenvalue weighted by molar-refractivity contribution is 5.90. The molecule has 1 aliphatic heterocycles. The van der Waals surface area contributed by atoms with Crippen LogP contribution in [0.15, 0.2) is 6.20 Å². The number of rotatable bonds is 3. The number of hydrogen-bond acceptors (Lipinski definition) is 6. The summed E-state index contributed by atoms with van der Waals surface area (Å²) in [6.07, 6.45) is 1.93. The summed E-state index contributed by atoms with van der Waals surface area (Å²) in [4.78, 5) is 14.8. The molecule has 2 heterocycles. The third-order valence-electron chi connectivity index (χ3n) is 2.91. The van der Waals surface area contributed by atoms with E-state index in [4.69, 9.17) is 22.0 Å². The van der Waals surface area contributed by atoms with Gasteiger partial charge in [0.1, 0.15) is 24.0 Å². The Labute approximate surface area is 108 Å². The number of nitrogens with zero attached hydrogens (tertiary/aromatic N) is 2. The van der Waals surface area contributed by atoms with E-state index >= 15 is 0 Å². The SMILES string of the molecule is C#Cc1nc(C(N)=O)cn1[C@@H]1O[C@H](CO)[C@@H](O)[C@H]1O. The molecule has 0 bridgehead atoms. The molecule has 0 radical (unpaired) electrons. The largest absolute Gasteiger partial charge is 0.394 e. The maximum Gasteiger partial charge on any atom is 0.268 e. The van der Waals surface area contributed by atoms with Crippen molar-refractivity contribution in [2.24, 2.45) is 5.73 Å². The van der Waals surface area contributed by atoms with Gasteiger partial charge in [-0.3, -0.25) is 9.36 Å². The first-order valence-electron chi connectivity index (χ1n) is 5.47. The van der Waals surface area contributed by atoms with Gasteiger partial charge in [0.15, 0.2) is 12.1 Å². The lowest BCUT2D eigenvalue weighted by molar-refractivity contribution is -0.0531. The van der Waals surface area contributed by atoms with Gasteiger partial charge in [0.05, 0.1) is 6.61 Å². The monoisotopic (exact) mass is 267 g/mol. The molecule has 1 aromatic heterocycles. The predicted octanol–water partition coefficient (Wildman–Crippen LogP) is -2.43. The molecule has 1 saturated heterocycles. The maximum atomic E-state index is 11.0. The van der Waals surface area contributed by atoms with Crippen molar-refractivity contribution >= 4 is 5.91 Å². The zero-order chi connectivity index (χ0) is 14.2. The second-order valence-electron chi connectivity index (χ2n) is 4.09. The molecule has 2 rings (SSSR count). The van der Waals surface area contributed by atoms with Gasteiger partial charge in [-0.1, -0.05) is 0 Å². The lowest BCUT2D eigenvalue weighted by Crippen LogP contribution is -2.33. The number of imidazole rings is 1. The van der Waals surface area contributed by atoms with Crippen molar-refractivity contribution in [1.29, 1.82) is 0 Å². The second kappa shape index (κ2) is 4.99. The first kappa shape index (κ1) is 13.5. The van der Waals surface area contributed by atoms with Gasteiger partial charge in [-0.15, -0.1) is 6.42 Å². The van der Waals surface area contributed by atoms with Crippen LogP contribution in [0.25, 0.3) is 0 Å². The van der Waals surface area contributed by atoms with Crippen LogP contribution in [0.1, 0.15) is 22.5 Å². The van der Waals surface area contributed by atoms with Crippen molar-refractivity contribution in [3.8, 4) is 12.3 Å². The van der Waals surface area contributed by atoms with Crippen molar-refractivity contribution < 1.29 is 24.9 Å². The standard InChI is InChI=1S/C11H13N3O5/c1-2-7-13-5(10(12)18)3-14(7)11-9(17)8(16)6(4-15)19-11/h1,3,6,8-9,11,15-17H,4H2,(H2,12,18)/t6-,8-,9-,11-/m1/s1. The molecule has 0 aromatic carbocycles. The molecule has 8 nitrogen and oxygen atoms in total. The van der Waals surface area contributed by atoms with Crippen LogP contribution >= 0.6 is 0 Å². The average molecular weight is 267 g/mol. The van der Waals surface area contributed by atoms with Gasteiger partial charge in [0.2, 0.25) is 0 Å². The molecule has 0 saturated carbocycles. The van der Waals surface area contributed by atoms with Crippen molar-refractivity contribution in [2.45, 2.75) is 24.5 Å². The van der Waals surface area contributed by atoms with E-state index in [0.29, 0.717) is 0 Å². The third-order valence-corrected chi connectivity index (χ3v) is 2.91. The number of ether oxygens (including phenoxy) is 1. The van der Waals surface area contributed by atoms with E-state index in [0.717, 1.165) is 0 Å². The number of aliphatic hydroxyl groups is 3. The molecule has 4 atom stereocenters. The number of amides is 1. The van der Waals surface area contributed by atoms with E-state index in [-0.39, 0.29) is 11.5 Å². The van der Waals surface area contributed by atoms with Gasteiger partial charge >= 0.3 is 0 Å². The molecule has 1 amide bonds. The molecule has 8 heteroatoms. The minimum absolute atomic E-state index is 0.0311. The summed E-state index contributed by atoms with van der Waals surface area (Å²) in [5.41, 5.74) is 5.01. The van der Waals surface area contributed by atoms with Crippen LogP contribution in [0.4, 0.5) is 0 Å². The third kappa shape index (κ3) is 2.20. The Hall–Kier alpha value is -1.92. The highest BCUT2D eigenvalue weighted by Crippen LogP contribution is 2.30. The quantitative estimate of drug-likeness (QED) is 0.451. The fourth-order valence-corrected chi connectivity index (χ4v) is 1.92. The van der Waals surface area contributed by atoms with E-state index in [2.05, 4.69) is 10.9 Å². The fourth-order valence-electron chi connectivity index (χ4n) is 1.92. The number of primary amides is 1. The lowest BCUT2D eigenvalue weighted by Gasteiger charge is -2.16. The Balaban J connectivity index is 2.37. The van der Waals surface area contributed by atoms with Crippen LogP contribution in [0.3, 0.4) is 0 Å². The fraction of sp³-hybridized carbons (Fsp3) is 0.455. The van der Waals surface area contributed by atoms with Gasteiger partial charge in [0, 0.05) is 6.20 Å². The Kier molecular flexibility index (Phi) is 3.55. The number of terminal acetylenes is 1. The highest BCUT2D eigenvalue weighted by Gasteiger charge is 2.44. The van der Waals surface area contributed by atoms with Gasteiger partial charge in [-0.25, -0.2) is 4.98 Å². The van der Waals surface area contributed by atoms with E-state index in [1.807, 2.05) is 0 Å². The zero-order valence-electron chi connectivity index (χ0n) is 9.80. The Morgan fingerprint density at radius 2 is 2.26 bits per heavy atom. The van der Waals surface area contributed by atoms with Gasteiger partial charge < -0.3 is 25.8 Å². The Morgan fingerprint density at radius 1 is 1.58 bits per heavy atom. The van der Waals surface area contributed by atoms with Gasteiger partial charge in [-0.2, -0.15) is 0 Å². The first-order chi connectivity index (χ1) is 8.99. The molecular weight excluding hydrogens is 254 g/mol. The van der Waals surface area contributed by atoms with Crippen LogP contribution in [0.2, 0.25) is 0 Å². The van der Waals surface area contributed by atoms with Gasteiger partial charge in [-0.05, 0) is 5.92 Å². The normalized spacial score (nSPS) is 30.2. The summed E-state index contributed by atoms with van der Waals surface area (Å²) in [5.74, 6) is 1.48. The number of nitrogens with two attached hydrogens (primary N) is 1. The second-order valence-corrected chi connectivity index (χ2v) is 4.09. The minimum Gasteiger partial charge on any atom is -0.394 e. The first-order valence-corrected chi connectivity index (χ1v) is 5.47. The van der Waals surface area contributed by atoms with Crippen molar-refractivity contribution in [1.82, 2.24) is 9.55 Å². The lowest BCUT2D eigenvalue weighted by atomic mass is 10.1. The van der Waals surface area contributed by atoms with E-state index < -0.39 is 37.1 Å². The summed E-state index contributed by atoms with van der Waals surface area (Å²) < 4.78 is 6.51. The molecule has 1 aromatic rings. The maximum absolute atomic E-state index is 11.0. The average Bonchev–Trinajstić information content (AvgIpc) is 2.93. The number of hydrogen-bond donors (Lipinski definition) is 4. The molecule has 5 N–H and O–H groups in total.